The van der Waals surface area contributed by atoms with Crippen molar-refractivity contribution in [1.82, 2.24) is 5.32 Å². The molecule has 0 saturated carbocycles. The van der Waals surface area contributed by atoms with Crippen LogP contribution in [0.25, 0.3) is 0 Å². The molecule has 1 aromatic carbocycles. The Morgan fingerprint density at radius 1 is 1.30 bits per heavy atom. The highest BCUT2D eigenvalue weighted by Crippen LogP contribution is 2.18. The molecule has 0 heterocycles. The molecule has 1 atom stereocenters. The molecule has 3 nitrogen and oxygen atoms in total. The van der Waals surface area contributed by atoms with E-state index in [4.69, 9.17) is 0 Å². The number of hydrogen-bond acceptors (Lipinski definition) is 3. The van der Waals surface area contributed by atoms with E-state index in [1.165, 1.54) is 0 Å². The zero-order valence-electron chi connectivity index (χ0n) is 11.8. The van der Waals surface area contributed by atoms with Gasteiger partial charge in [0.25, 0.3) is 0 Å². The first kappa shape index (κ1) is 17.0. The van der Waals surface area contributed by atoms with Crippen LogP contribution < -0.4 is 5.32 Å². The number of nitrogens with one attached hydrogen (secondary N) is 1. The van der Waals surface area contributed by atoms with Crippen molar-refractivity contribution in [3.8, 4) is 0 Å². The van der Waals surface area contributed by atoms with Gasteiger partial charge in [-0.25, -0.2) is 17.2 Å². The number of sulfone groups is 1. The Morgan fingerprint density at radius 2 is 2.00 bits per heavy atom. The molecule has 0 spiro atoms. The molecule has 0 fully saturated rings. The van der Waals surface area contributed by atoms with E-state index in [9.17, 15) is 17.2 Å². The van der Waals surface area contributed by atoms with Crippen LogP contribution in [0.2, 0.25) is 0 Å². The second kappa shape index (κ2) is 7.69. The smallest absolute Gasteiger partial charge is 0.181 e. The van der Waals surface area contributed by atoms with Crippen molar-refractivity contribution in [3.05, 3.63) is 29.8 Å². The highest BCUT2D eigenvalue weighted by molar-refractivity contribution is 7.91. The van der Waals surface area contributed by atoms with Crippen molar-refractivity contribution >= 4 is 9.84 Å². The van der Waals surface area contributed by atoms with E-state index in [0.29, 0.717) is 12.8 Å². The summed E-state index contributed by atoms with van der Waals surface area (Å²) >= 11 is 0. The summed E-state index contributed by atoms with van der Waals surface area (Å²) in [4.78, 5) is -0.549. The van der Waals surface area contributed by atoms with Crippen molar-refractivity contribution in [2.24, 2.45) is 0 Å². The summed E-state index contributed by atoms with van der Waals surface area (Å²) in [5, 5.41) is 3.25. The molecule has 0 amide bonds. The molecule has 0 aliphatic carbocycles. The van der Waals surface area contributed by atoms with E-state index in [-0.39, 0.29) is 11.8 Å². The predicted octanol–water partition coefficient (Wildman–Crippen LogP) is 2.91. The van der Waals surface area contributed by atoms with Crippen LogP contribution >= 0.6 is 0 Å². The summed E-state index contributed by atoms with van der Waals surface area (Å²) in [6.07, 6.45) is 2.10. The highest BCUT2D eigenvalue weighted by Gasteiger charge is 2.20. The van der Waals surface area contributed by atoms with Gasteiger partial charge in [-0.2, -0.15) is 0 Å². The van der Waals surface area contributed by atoms with Gasteiger partial charge in [0.1, 0.15) is 16.5 Å². The molecule has 0 bridgehead atoms. The average Bonchev–Trinajstić information content (AvgIpc) is 2.38. The maximum Gasteiger partial charge on any atom is 0.181 e. The normalized spacial score (nSPS) is 13.4. The van der Waals surface area contributed by atoms with Gasteiger partial charge in [0, 0.05) is 6.04 Å². The Balaban J connectivity index is 2.60. The van der Waals surface area contributed by atoms with Crippen molar-refractivity contribution in [3.63, 3.8) is 0 Å². The largest absolute Gasteiger partial charge is 0.314 e. The first-order valence-electron chi connectivity index (χ1n) is 6.78. The van der Waals surface area contributed by atoms with Crippen molar-refractivity contribution in [1.29, 1.82) is 0 Å². The summed E-state index contributed by atoms with van der Waals surface area (Å²) in [6, 6.07) is 2.70. The van der Waals surface area contributed by atoms with Crippen LogP contribution in [0.4, 0.5) is 8.78 Å². The molecule has 0 aliphatic rings. The van der Waals surface area contributed by atoms with Crippen LogP contribution in [0.3, 0.4) is 0 Å². The van der Waals surface area contributed by atoms with E-state index < -0.39 is 26.4 Å². The van der Waals surface area contributed by atoms with Crippen molar-refractivity contribution in [2.45, 2.75) is 44.0 Å². The molecule has 1 aromatic rings. The minimum atomic E-state index is -3.77. The lowest BCUT2D eigenvalue weighted by atomic mass is 10.2. The Labute approximate surface area is 119 Å². The number of hydrogen-bond donors (Lipinski definition) is 1. The fourth-order valence-corrected chi connectivity index (χ4v) is 3.32. The highest BCUT2D eigenvalue weighted by atomic mass is 32.2. The van der Waals surface area contributed by atoms with Gasteiger partial charge in [0.2, 0.25) is 0 Å². The van der Waals surface area contributed by atoms with Crippen LogP contribution in [0.1, 0.15) is 33.1 Å². The van der Waals surface area contributed by atoms with E-state index in [1.54, 1.807) is 0 Å². The van der Waals surface area contributed by atoms with E-state index >= 15 is 0 Å². The Kier molecular flexibility index (Phi) is 6.55. The van der Waals surface area contributed by atoms with Gasteiger partial charge in [0.15, 0.2) is 9.84 Å². The van der Waals surface area contributed by atoms with Crippen molar-refractivity contribution < 1.29 is 17.2 Å². The molecule has 20 heavy (non-hydrogen) atoms. The van der Waals surface area contributed by atoms with Crippen LogP contribution in [0.5, 0.6) is 0 Å². The van der Waals surface area contributed by atoms with Crippen LogP contribution in [-0.4, -0.2) is 26.8 Å². The van der Waals surface area contributed by atoms with Crippen LogP contribution in [0, 0.1) is 11.6 Å². The third kappa shape index (κ3) is 5.17. The first-order valence-corrected chi connectivity index (χ1v) is 8.43. The van der Waals surface area contributed by atoms with Crippen LogP contribution in [0.15, 0.2) is 23.1 Å². The van der Waals surface area contributed by atoms with Gasteiger partial charge < -0.3 is 5.32 Å². The van der Waals surface area contributed by atoms with E-state index in [2.05, 4.69) is 12.2 Å². The first-order chi connectivity index (χ1) is 9.36. The molecule has 114 valence electrons. The lowest BCUT2D eigenvalue weighted by Gasteiger charge is -2.13. The molecular formula is C14H21F2NO2S. The Hall–Kier alpha value is -1.01. The zero-order chi connectivity index (χ0) is 15.2. The van der Waals surface area contributed by atoms with Crippen LogP contribution in [-0.2, 0) is 9.84 Å². The standard InChI is InChI=1S/C14H21F2NO2S/c1-3-8-17-11(2)5-4-9-20(18,19)14-10-12(15)6-7-13(14)16/h6-7,10-11,17H,3-5,8-9H2,1-2H3. The summed E-state index contributed by atoms with van der Waals surface area (Å²) in [5.74, 6) is -1.82. The maximum absolute atomic E-state index is 13.5. The third-order valence-corrected chi connectivity index (χ3v) is 4.83. The van der Waals surface area contributed by atoms with Gasteiger partial charge in [-0.3, -0.25) is 0 Å². The summed E-state index contributed by atoms with van der Waals surface area (Å²) in [7, 11) is -3.77. The summed E-state index contributed by atoms with van der Waals surface area (Å²) < 4.78 is 50.4. The minimum absolute atomic E-state index is 0.175. The Morgan fingerprint density at radius 3 is 2.65 bits per heavy atom. The molecule has 0 aliphatic heterocycles. The topological polar surface area (TPSA) is 46.2 Å². The number of benzene rings is 1. The fraction of sp³-hybridized carbons (Fsp3) is 0.571. The van der Waals surface area contributed by atoms with Gasteiger partial charge in [-0.05, 0) is 50.9 Å². The summed E-state index contributed by atoms with van der Waals surface area (Å²) in [5.41, 5.74) is 0. The quantitative estimate of drug-likeness (QED) is 0.803. The van der Waals surface area contributed by atoms with Gasteiger partial charge in [0.05, 0.1) is 5.75 Å². The van der Waals surface area contributed by atoms with E-state index in [1.807, 2.05) is 6.92 Å². The molecule has 1 unspecified atom stereocenters. The summed E-state index contributed by atoms with van der Waals surface area (Å²) in [6.45, 7) is 4.91. The fourth-order valence-electron chi connectivity index (χ4n) is 1.90. The second-order valence-electron chi connectivity index (χ2n) is 4.89. The molecule has 0 saturated heterocycles. The van der Waals surface area contributed by atoms with Crippen molar-refractivity contribution in [2.75, 3.05) is 12.3 Å². The van der Waals surface area contributed by atoms with Gasteiger partial charge in [-0.1, -0.05) is 6.92 Å². The molecule has 1 N–H and O–H groups in total. The van der Waals surface area contributed by atoms with Gasteiger partial charge >= 0.3 is 0 Å². The number of halogens is 2. The SMILES string of the molecule is CCCNC(C)CCCS(=O)(=O)c1cc(F)ccc1F. The molecule has 0 radical (unpaired) electrons. The minimum Gasteiger partial charge on any atom is -0.314 e. The molecule has 0 aromatic heterocycles. The number of rotatable bonds is 8. The molecule has 1 rings (SSSR count). The average molecular weight is 305 g/mol. The third-order valence-electron chi connectivity index (χ3n) is 3.02. The lowest BCUT2D eigenvalue weighted by molar-refractivity contribution is 0.504. The Bertz CT molecular complexity index is 532. The maximum atomic E-state index is 13.5. The van der Waals surface area contributed by atoms with E-state index in [0.717, 1.165) is 31.2 Å². The monoisotopic (exact) mass is 305 g/mol. The zero-order valence-corrected chi connectivity index (χ0v) is 12.6. The predicted molar refractivity (Wildman–Crippen MR) is 75.4 cm³/mol. The molecular weight excluding hydrogens is 284 g/mol. The lowest BCUT2D eigenvalue weighted by Crippen LogP contribution is -2.27. The van der Waals surface area contributed by atoms with Gasteiger partial charge in [-0.15, -0.1) is 0 Å². The molecule has 6 heteroatoms. The second-order valence-corrected chi connectivity index (χ2v) is 6.97.